The Morgan fingerprint density at radius 2 is 0.870 bits per heavy atom. The number of thiophene rings is 1. The second-order valence-corrected chi connectivity index (χ2v) is 13.4. The summed E-state index contributed by atoms with van der Waals surface area (Å²) in [6, 6.07) is 56.2. The number of fused-ring (bicyclic) bond motifs is 18. The highest BCUT2D eigenvalue weighted by atomic mass is 32.1. The van der Waals surface area contributed by atoms with Crippen molar-refractivity contribution in [1.29, 1.82) is 0 Å². The van der Waals surface area contributed by atoms with Gasteiger partial charge in [-0.1, -0.05) is 133 Å². The van der Waals surface area contributed by atoms with Gasteiger partial charge in [-0.05, 0) is 55.9 Å². The average Bonchev–Trinajstić information content (AvgIpc) is 3.68. The molecule has 0 N–H and O–H groups in total. The van der Waals surface area contributed by atoms with E-state index in [1.165, 1.54) is 102 Å². The van der Waals surface area contributed by atoms with E-state index in [0.717, 1.165) is 0 Å². The number of rotatable bonds is 1. The topological polar surface area (TPSA) is 4.93 Å². The quantitative estimate of drug-likeness (QED) is 0.165. The van der Waals surface area contributed by atoms with Crippen LogP contribution in [0.5, 0.6) is 0 Å². The second-order valence-electron chi connectivity index (χ2n) is 12.4. The summed E-state index contributed by atoms with van der Waals surface area (Å²) < 4.78 is 5.25. The zero-order valence-corrected chi connectivity index (χ0v) is 25.6. The van der Waals surface area contributed by atoms with Crippen LogP contribution in [0.3, 0.4) is 0 Å². The van der Waals surface area contributed by atoms with Crippen molar-refractivity contribution in [1.82, 2.24) is 4.57 Å². The van der Waals surface area contributed by atoms with Gasteiger partial charge >= 0.3 is 0 Å². The Hall–Kier alpha value is -5.70. The summed E-state index contributed by atoms with van der Waals surface area (Å²) in [5.41, 5.74) is 3.76. The molecule has 1 nitrogen and oxygen atoms in total. The lowest BCUT2D eigenvalue weighted by Gasteiger charge is -2.16. The molecule has 0 atom stereocenters. The molecule has 0 saturated heterocycles. The van der Waals surface area contributed by atoms with Crippen LogP contribution in [0.15, 0.2) is 152 Å². The van der Waals surface area contributed by atoms with Gasteiger partial charge in [-0.15, -0.1) is 11.3 Å². The Bertz CT molecular complexity index is 3080. The first kappa shape index (κ1) is 24.6. The minimum absolute atomic E-state index is 1.23. The molecule has 0 unspecified atom stereocenters. The lowest BCUT2D eigenvalue weighted by atomic mass is 9.89. The highest BCUT2D eigenvalue weighted by Gasteiger charge is 2.25. The molecule has 0 aliphatic heterocycles. The Morgan fingerprint density at radius 1 is 0.370 bits per heavy atom. The zero-order chi connectivity index (χ0) is 29.9. The molecule has 0 spiro atoms. The Balaban J connectivity index is 1.52. The first-order chi connectivity index (χ1) is 22.9. The van der Waals surface area contributed by atoms with Gasteiger partial charge in [0, 0.05) is 42.4 Å². The summed E-state index contributed by atoms with van der Waals surface area (Å²) in [4.78, 5) is 0. The van der Waals surface area contributed by atoms with Crippen LogP contribution in [0.25, 0.3) is 102 Å². The van der Waals surface area contributed by atoms with E-state index in [4.69, 9.17) is 0 Å². The van der Waals surface area contributed by atoms with E-state index in [9.17, 15) is 0 Å². The number of nitrogens with zero attached hydrogens (tertiary/aromatic N) is 1. The van der Waals surface area contributed by atoms with Crippen molar-refractivity contribution >= 4 is 107 Å². The van der Waals surface area contributed by atoms with Crippen molar-refractivity contribution in [3.63, 3.8) is 0 Å². The van der Waals surface area contributed by atoms with Crippen molar-refractivity contribution in [3.8, 4) is 5.69 Å². The molecule has 2 heteroatoms. The molecule has 0 saturated carbocycles. The fraction of sp³-hybridized carbons (Fsp3) is 0. The lowest BCUT2D eigenvalue weighted by molar-refractivity contribution is 1.21. The van der Waals surface area contributed by atoms with Crippen molar-refractivity contribution < 1.29 is 0 Å². The molecule has 0 bridgehead atoms. The standard InChI is InChI=1S/C44H25NS/c1-2-14-27-26(13-1)25-37(31-18-6-3-15-28(27)31)45-36-23-11-9-21-34(36)41-39-32-19-7-4-16-29(32)30-17-5-8-20-33(30)40(39)42-35-22-10-12-24-38(35)46-44(42)43(41)45/h1-25H. The SMILES string of the molecule is c1ccc2c(c1)cc(-n1c3ccccc3c3c4c5ccccc5c5ccccc5c4c4c5ccccc5sc4c31)c1ccccc12. The van der Waals surface area contributed by atoms with Crippen molar-refractivity contribution in [2.75, 3.05) is 0 Å². The minimum atomic E-state index is 1.23. The normalized spacial score (nSPS) is 12.3. The first-order valence-corrected chi connectivity index (χ1v) is 16.7. The van der Waals surface area contributed by atoms with Crippen molar-refractivity contribution in [2.24, 2.45) is 0 Å². The molecule has 11 aromatic rings. The molecule has 0 aliphatic rings. The van der Waals surface area contributed by atoms with E-state index >= 15 is 0 Å². The van der Waals surface area contributed by atoms with Crippen LogP contribution < -0.4 is 0 Å². The van der Waals surface area contributed by atoms with E-state index in [0.29, 0.717) is 0 Å². The smallest absolute Gasteiger partial charge is 0.0726 e. The molecule has 11 rings (SSSR count). The molecule has 9 aromatic carbocycles. The van der Waals surface area contributed by atoms with Gasteiger partial charge in [0.15, 0.2) is 0 Å². The summed E-state index contributed by atoms with van der Waals surface area (Å²) in [5, 5.41) is 18.4. The zero-order valence-electron chi connectivity index (χ0n) is 24.8. The molecule has 212 valence electrons. The number of aromatic nitrogens is 1. The predicted octanol–water partition coefficient (Wildman–Crippen LogP) is 12.9. The van der Waals surface area contributed by atoms with Crippen LogP contribution in [0.4, 0.5) is 0 Å². The van der Waals surface area contributed by atoms with Crippen LogP contribution >= 0.6 is 11.3 Å². The molecule has 0 radical (unpaired) electrons. The largest absolute Gasteiger partial charge is 0.307 e. The maximum absolute atomic E-state index is 2.58. The number of para-hydroxylation sites is 1. The van der Waals surface area contributed by atoms with E-state index in [1.54, 1.807) is 0 Å². The fourth-order valence-corrected chi connectivity index (χ4v) is 9.55. The van der Waals surface area contributed by atoms with Gasteiger partial charge < -0.3 is 4.57 Å². The van der Waals surface area contributed by atoms with Crippen LogP contribution in [0.2, 0.25) is 0 Å². The lowest BCUT2D eigenvalue weighted by Crippen LogP contribution is -1.96. The van der Waals surface area contributed by atoms with E-state index in [2.05, 4.69) is 156 Å². The van der Waals surface area contributed by atoms with Gasteiger partial charge in [0.05, 0.1) is 21.4 Å². The highest BCUT2D eigenvalue weighted by Crippen LogP contribution is 2.52. The fourth-order valence-electron chi connectivity index (χ4n) is 8.30. The third-order valence-electron chi connectivity index (χ3n) is 10.1. The molecular weight excluding hydrogens is 575 g/mol. The number of hydrogen-bond acceptors (Lipinski definition) is 1. The number of hydrogen-bond donors (Lipinski definition) is 0. The molecular formula is C44H25NS. The molecule has 46 heavy (non-hydrogen) atoms. The second kappa shape index (κ2) is 8.94. The molecule has 2 heterocycles. The third-order valence-corrected chi connectivity index (χ3v) is 11.3. The van der Waals surface area contributed by atoms with E-state index in [1.807, 2.05) is 11.3 Å². The Labute approximate surface area is 268 Å². The summed E-state index contributed by atoms with van der Waals surface area (Å²) in [7, 11) is 0. The van der Waals surface area contributed by atoms with Gasteiger partial charge in [-0.3, -0.25) is 0 Å². The number of benzene rings is 9. The predicted molar refractivity (Wildman–Crippen MR) is 201 cm³/mol. The molecule has 0 fully saturated rings. The van der Waals surface area contributed by atoms with Gasteiger partial charge in [0.1, 0.15) is 0 Å². The first-order valence-electron chi connectivity index (χ1n) is 15.9. The van der Waals surface area contributed by atoms with Crippen molar-refractivity contribution in [3.05, 3.63) is 152 Å². The summed E-state index contributed by atoms with van der Waals surface area (Å²) in [6.07, 6.45) is 0. The Kier molecular flexibility index (Phi) is 4.78. The average molecular weight is 600 g/mol. The van der Waals surface area contributed by atoms with Crippen molar-refractivity contribution in [2.45, 2.75) is 0 Å². The van der Waals surface area contributed by atoms with Gasteiger partial charge in [-0.25, -0.2) is 0 Å². The molecule has 0 aliphatic carbocycles. The van der Waals surface area contributed by atoms with Crippen LogP contribution in [-0.2, 0) is 0 Å². The van der Waals surface area contributed by atoms with Crippen LogP contribution in [0.1, 0.15) is 0 Å². The van der Waals surface area contributed by atoms with Crippen LogP contribution in [-0.4, -0.2) is 4.57 Å². The van der Waals surface area contributed by atoms with Gasteiger partial charge in [-0.2, -0.15) is 0 Å². The van der Waals surface area contributed by atoms with Gasteiger partial charge in [0.25, 0.3) is 0 Å². The highest BCUT2D eigenvalue weighted by molar-refractivity contribution is 7.27. The third kappa shape index (κ3) is 3.04. The molecule has 2 aromatic heterocycles. The maximum Gasteiger partial charge on any atom is 0.0726 e. The Morgan fingerprint density at radius 3 is 1.59 bits per heavy atom. The maximum atomic E-state index is 2.58. The molecule has 0 amide bonds. The summed E-state index contributed by atoms with van der Waals surface area (Å²) in [5.74, 6) is 0. The van der Waals surface area contributed by atoms with Gasteiger partial charge in [0.2, 0.25) is 0 Å². The summed E-state index contributed by atoms with van der Waals surface area (Å²) >= 11 is 1.93. The monoisotopic (exact) mass is 599 g/mol. The van der Waals surface area contributed by atoms with E-state index in [-0.39, 0.29) is 0 Å². The van der Waals surface area contributed by atoms with Crippen LogP contribution in [0, 0.1) is 0 Å². The minimum Gasteiger partial charge on any atom is -0.307 e. The van der Waals surface area contributed by atoms with E-state index < -0.39 is 0 Å². The summed E-state index contributed by atoms with van der Waals surface area (Å²) in [6.45, 7) is 0.